The van der Waals surface area contributed by atoms with E-state index >= 15 is 0 Å². The summed E-state index contributed by atoms with van der Waals surface area (Å²) in [6.07, 6.45) is 0. The molecule has 0 bridgehead atoms. The minimum absolute atomic E-state index is 0. The van der Waals surface area contributed by atoms with Gasteiger partial charge in [-0.3, -0.25) is 0 Å². The fourth-order valence-corrected chi connectivity index (χ4v) is 1.08. The van der Waals surface area contributed by atoms with Gasteiger partial charge in [0.2, 0.25) is 0 Å². The summed E-state index contributed by atoms with van der Waals surface area (Å²) in [5.74, 6) is 0. The Morgan fingerprint density at radius 3 is 1.67 bits per heavy atom. The second-order valence-electron chi connectivity index (χ2n) is 1.77. The van der Waals surface area contributed by atoms with Crippen molar-refractivity contribution in [3.8, 4) is 0 Å². The first-order valence-electron chi connectivity index (χ1n) is 2.61. The number of hydrogen-bond acceptors (Lipinski definition) is 3. The van der Waals surface area contributed by atoms with Crippen LogP contribution in [0, 0.1) is 0 Å². The maximum absolute atomic E-state index is 10.3. The minimum atomic E-state index is -4.25. The van der Waals surface area contributed by atoms with Crippen LogP contribution in [0.5, 0.6) is 0 Å². The fourth-order valence-electron chi connectivity index (χ4n) is 0.587. The lowest BCUT2D eigenvalue weighted by Gasteiger charge is -2.04. The maximum Gasteiger partial charge on any atom is 0.124 e. The summed E-state index contributed by atoms with van der Waals surface area (Å²) < 4.78 is 30.8. The molecule has 0 aliphatic heterocycles. The van der Waals surface area contributed by atoms with Gasteiger partial charge in [0.05, 0.1) is 4.90 Å². The van der Waals surface area contributed by atoms with Crippen molar-refractivity contribution < 1.29 is 23.9 Å². The molecule has 0 aliphatic carbocycles. The summed E-state index contributed by atoms with van der Waals surface area (Å²) >= 11 is 0. The van der Waals surface area contributed by atoms with E-state index < -0.39 is 10.1 Å². The molecule has 0 amide bonds. The third-order valence-corrected chi connectivity index (χ3v) is 1.88. The largest absolute Gasteiger partial charge is 0.744 e. The fraction of sp³-hybridized carbons (Fsp3) is 0. The van der Waals surface area contributed by atoms with Crippen LogP contribution in [0.3, 0.4) is 0 Å². The van der Waals surface area contributed by atoms with Crippen molar-refractivity contribution in [2.24, 2.45) is 0 Å². The molecule has 4 N–H and O–H groups in total. The van der Waals surface area contributed by atoms with Crippen LogP contribution in [0.2, 0.25) is 0 Å². The Bertz CT molecular complexity index is 304. The van der Waals surface area contributed by atoms with Crippen LogP contribution in [-0.2, 0) is 10.1 Å². The van der Waals surface area contributed by atoms with E-state index in [2.05, 4.69) is 0 Å². The van der Waals surface area contributed by atoms with Crippen molar-refractivity contribution in [1.29, 1.82) is 0 Å². The average molecular weight is 193 g/mol. The minimum Gasteiger partial charge on any atom is -0.744 e. The van der Waals surface area contributed by atoms with E-state index in [-0.39, 0.29) is 15.8 Å². The van der Waals surface area contributed by atoms with Crippen molar-refractivity contribution in [2.45, 2.75) is 4.90 Å². The van der Waals surface area contributed by atoms with Gasteiger partial charge >= 0.3 is 0 Å². The Labute approximate surface area is 70.0 Å². The first-order chi connectivity index (χ1) is 4.61. The molecule has 0 saturated carbocycles. The Balaban J connectivity index is 0. The topological polar surface area (TPSA) is 120 Å². The third-order valence-electron chi connectivity index (χ3n) is 1.03. The molecule has 1 aromatic rings. The molecule has 12 heavy (non-hydrogen) atoms. The lowest BCUT2D eigenvalue weighted by molar-refractivity contribution is 0.463. The predicted octanol–water partition coefficient (Wildman–Crippen LogP) is -1.06. The van der Waals surface area contributed by atoms with Crippen molar-refractivity contribution in [3.63, 3.8) is 0 Å². The van der Waals surface area contributed by atoms with Gasteiger partial charge in [0.1, 0.15) is 10.1 Å². The molecule has 0 aromatic heterocycles. The first kappa shape index (κ1) is 13.6. The van der Waals surface area contributed by atoms with Gasteiger partial charge < -0.3 is 15.5 Å². The van der Waals surface area contributed by atoms with Crippen molar-refractivity contribution in [1.82, 2.24) is 0 Å². The molecule has 5 nitrogen and oxygen atoms in total. The number of rotatable bonds is 1. The van der Waals surface area contributed by atoms with Crippen LogP contribution in [0.1, 0.15) is 0 Å². The Morgan fingerprint density at radius 2 is 1.42 bits per heavy atom. The average Bonchev–Trinajstić information content (AvgIpc) is 1.88. The Kier molecular flexibility index (Phi) is 5.49. The molecule has 0 spiro atoms. The molecular weight excluding hydrogens is 184 g/mol. The Hall–Kier alpha value is -0.950. The van der Waals surface area contributed by atoms with Gasteiger partial charge in [-0.1, -0.05) is 18.2 Å². The van der Waals surface area contributed by atoms with Crippen LogP contribution in [-0.4, -0.2) is 23.9 Å². The molecule has 0 heterocycles. The molecule has 1 aromatic carbocycles. The molecule has 0 fully saturated rings. The van der Waals surface area contributed by atoms with E-state index in [0.29, 0.717) is 0 Å². The van der Waals surface area contributed by atoms with Crippen LogP contribution < -0.4 is 0 Å². The normalized spacial score (nSPS) is 9.42. The summed E-state index contributed by atoms with van der Waals surface area (Å²) in [5, 5.41) is 0. The second kappa shape index (κ2) is 4.83. The zero-order valence-electron chi connectivity index (χ0n) is 6.02. The second-order valence-corrected chi connectivity index (χ2v) is 3.15. The highest BCUT2D eigenvalue weighted by molar-refractivity contribution is 7.85. The molecule has 0 saturated heterocycles. The van der Waals surface area contributed by atoms with Gasteiger partial charge in [0.15, 0.2) is 0 Å². The molecule has 6 heteroatoms. The zero-order chi connectivity index (χ0) is 7.61. The standard InChI is InChI=1S/C6H6O3S.2H2O/c7-10(8,9)6-4-2-1-3-5-6;;/h1-5H,(H,7,8,9);2*1H2/p-1. The first-order valence-corrected chi connectivity index (χ1v) is 4.02. The van der Waals surface area contributed by atoms with E-state index in [4.69, 9.17) is 0 Å². The molecule has 0 aliphatic rings. The van der Waals surface area contributed by atoms with E-state index in [0.717, 1.165) is 0 Å². The molecule has 0 unspecified atom stereocenters. The quantitative estimate of drug-likeness (QED) is 0.528. The van der Waals surface area contributed by atoms with Crippen LogP contribution >= 0.6 is 0 Å². The van der Waals surface area contributed by atoms with Gasteiger partial charge in [-0.2, -0.15) is 0 Å². The summed E-state index contributed by atoms with van der Waals surface area (Å²) in [5.41, 5.74) is 0. The SMILES string of the molecule is O.O.O=S(=O)([O-])c1ccccc1. The van der Waals surface area contributed by atoms with Crippen molar-refractivity contribution >= 4 is 10.1 Å². The summed E-state index contributed by atoms with van der Waals surface area (Å²) in [6, 6.07) is 7.19. The number of hydrogen-bond donors (Lipinski definition) is 0. The molecule has 0 radical (unpaired) electrons. The molecule has 70 valence electrons. The maximum atomic E-state index is 10.3. The van der Waals surface area contributed by atoms with Gasteiger partial charge in [-0.25, -0.2) is 8.42 Å². The van der Waals surface area contributed by atoms with Gasteiger partial charge in [0, 0.05) is 0 Å². The van der Waals surface area contributed by atoms with Gasteiger partial charge in [-0.05, 0) is 12.1 Å². The Morgan fingerprint density at radius 1 is 1.00 bits per heavy atom. The highest BCUT2D eigenvalue weighted by atomic mass is 32.2. The van der Waals surface area contributed by atoms with E-state index in [1.165, 1.54) is 24.3 Å². The van der Waals surface area contributed by atoms with Crippen LogP contribution in [0.25, 0.3) is 0 Å². The summed E-state index contributed by atoms with van der Waals surface area (Å²) in [4.78, 5) is -0.185. The molecular formula is C6H9O5S-. The van der Waals surface area contributed by atoms with E-state index in [9.17, 15) is 13.0 Å². The van der Waals surface area contributed by atoms with Crippen LogP contribution in [0.4, 0.5) is 0 Å². The van der Waals surface area contributed by atoms with E-state index in [1.807, 2.05) is 0 Å². The van der Waals surface area contributed by atoms with Crippen molar-refractivity contribution in [3.05, 3.63) is 30.3 Å². The predicted molar refractivity (Wildman–Crippen MR) is 41.6 cm³/mol. The molecule has 1 rings (SSSR count). The lowest BCUT2D eigenvalue weighted by atomic mass is 10.4. The van der Waals surface area contributed by atoms with Gasteiger partial charge in [0.25, 0.3) is 0 Å². The smallest absolute Gasteiger partial charge is 0.124 e. The number of benzene rings is 1. The lowest BCUT2D eigenvalue weighted by Crippen LogP contribution is -1.96. The highest BCUT2D eigenvalue weighted by Crippen LogP contribution is 2.04. The highest BCUT2D eigenvalue weighted by Gasteiger charge is 1.95. The summed E-state index contributed by atoms with van der Waals surface area (Å²) in [6.45, 7) is 0. The monoisotopic (exact) mass is 193 g/mol. The molecule has 0 atom stereocenters. The van der Waals surface area contributed by atoms with Crippen molar-refractivity contribution in [2.75, 3.05) is 0 Å². The van der Waals surface area contributed by atoms with E-state index in [1.54, 1.807) is 6.07 Å². The third kappa shape index (κ3) is 3.44. The zero-order valence-corrected chi connectivity index (χ0v) is 6.84. The summed E-state index contributed by atoms with van der Waals surface area (Å²) in [7, 11) is -4.25. The van der Waals surface area contributed by atoms with Gasteiger partial charge in [-0.15, -0.1) is 0 Å². The van der Waals surface area contributed by atoms with Crippen LogP contribution in [0.15, 0.2) is 35.2 Å².